The molecule has 0 unspecified atom stereocenters. The highest BCUT2D eigenvalue weighted by Gasteiger charge is 2.15. The lowest BCUT2D eigenvalue weighted by Gasteiger charge is -2.21. The van der Waals surface area contributed by atoms with Crippen molar-refractivity contribution in [3.05, 3.63) is 18.3 Å². The van der Waals surface area contributed by atoms with Crippen molar-refractivity contribution in [1.29, 1.82) is 0 Å². The van der Waals surface area contributed by atoms with Crippen LogP contribution in [0.2, 0.25) is 0 Å². The molecule has 13 heavy (non-hydrogen) atoms. The standard InChI is InChI=1S/C9H15N3O/c1-9(2,7-13)6-10-8-4-3-5-11-12-8/h3-5,13H,6-7H2,1-2H3,(H,10,12). The minimum atomic E-state index is -0.127. The second kappa shape index (κ2) is 4.18. The van der Waals surface area contributed by atoms with Crippen molar-refractivity contribution in [2.45, 2.75) is 13.8 Å². The third-order valence-corrected chi connectivity index (χ3v) is 1.75. The van der Waals surface area contributed by atoms with Gasteiger partial charge in [0, 0.05) is 24.8 Å². The number of rotatable bonds is 4. The Bertz CT molecular complexity index is 248. The van der Waals surface area contributed by atoms with Gasteiger partial charge in [0.1, 0.15) is 5.82 Å². The maximum atomic E-state index is 9.00. The van der Waals surface area contributed by atoms with Crippen LogP contribution in [-0.2, 0) is 0 Å². The molecule has 1 aromatic heterocycles. The lowest BCUT2D eigenvalue weighted by molar-refractivity contribution is 0.170. The van der Waals surface area contributed by atoms with Crippen LogP contribution in [0, 0.1) is 5.41 Å². The van der Waals surface area contributed by atoms with E-state index in [2.05, 4.69) is 15.5 Å². The normalized spacial score (nSPS) is 11.3. The summed E-state index contributed by atoms with van der Waals surface area (Å²) in [6.45, 7) is 4.80. The summed E-state index contributed by atoms with van der Waals surface area (Å²) in [5.74, 6) is 0.740. The average molecular weight is 181 g/mol. The molecule has 0 saturated carbocycles. The first-order valence-corrected chi connectivity index (χ1v) is 4.26. The Hall–Kier alpha value is -1.16. The van der Waals surface area contributed by atoms with Gasteiger partial charge in [-0.05, 0) is 12.1 Å². The SMILES string of the molecule is CC(C)(CO)CNc1cccnn1. The second-order valence-electron chi connectivity index (χ2n) is 3.78. The van der Waals surface area contributed by atoms with Crippen LogP contribution in [0.15, 0.2) is 18.3 Å². The van der Waals surface area contributed by atoms with Crippen molar-refractivity contribution in [2.24, 2.45) is 5.41 Å². The summed E-state index contributed by atoms with van der Waals surface area (Å²) in [6, 6.07) is 3.67. The maximum absolute atomic E-state index is 9.00. The average Bonchev–Trinajstić information content (AvgIpc) is 2.17. The molecule has 0 atom stereocenters. The zero-order chi connectivity index (χ0) is 9.73. The van der Waals surface area contributed by atoms with Crippen molar-refractivity contribution >= 4 is 5.82 Å². The molecular weight excluding hydrogens is 166 g/mol. The number of aromatic nitrogens is 2. The first-order chi connectivity index (χ1) is 6.14. The number of aliphatic hydroxyl groups is 1. The Kier molecular flexibility index (Phi) is 3.19. The summed E-state index contributed by atoms with van der Waals surface area (Å²) >= 11 is 0. The Labute approximate surface area is 78.0 Å². The monoisotopic (exact) mass is 181 g/mol. The highest BCUT2D eigenvalue weighted by molar-refractivity contribution is 5.31. The zero-order valence-corrected chi connectivity index (χ0v) is 7.99. The summed E-state index contributed by atoms with van der Waals surface area (Å²) < 4.78 is 0. The molecule has 4 heteroatoms. The molecular formula is C9H15N3O. The Morgan fingerprint density at radius 2 is 2.31 bits per heavy atom. The predicted octanol–water partition coefficient (Wildman–Crippen LogP) is 0.907. The quantitative estimate of drug-likeness (QED) is 0.724. The van der Waals surface area contributed by atoms with Crippen LogP contribution < -0.4 is 5.32 Å². The molecule has 0 aliphatic carbocycles. The van der Waals surface area contributed by atoms with E-state index in [9.17, 15) is 0 Å². The Morgan fingerprint density at radius 3 is 2.85 bits per heavy atom. The van der Waals surface area contributed by atoms with Gasteiger partial charge < -0.3 is 10.4 Å². The van der Waals surface area contributed by atoms with Crippen LogP contribution in [0.3, 0.4) is 0 Å². The van der Waals surface area contributed by atoms with Crippen LogP contribution in [0.1, 0.15) is 13.8 Å². The molecule has 2 N–H and O–H groups in total. The van der Waals surface area contributed by atoms with Crippen molar-refractivity contribution in [3.63, 3.8) is 0 Å². The van der Waals surface area contributed by atoms with E-state index in [4.69, 9.17) is 5.11 Å². The lowest BCUT2D eigenvalue weighted by atomic mass is 9.95. The van der Waals surface area contributed by atoms with Gasteiger partial charge in [0.15, 0.2) is 0 Å². The molecule has 1 aromatic rings. The summed E-state index contributed by atoms with van der Waals surface area (Å²) in [7, 11) is 0. The van der Waals surface area contributed by atoms with Gasteiger partial charge >= 0.3 is 0 Å². The third-order valence-electron chi connectivity index (χ3n) is 1.75. The number of hydrogen-bond donors (Lipinski definition) is 2. The van der Waals surface area contributed by atoms with Gasteiger partial charge in [-0.15, -0.1) is 5.10 Å². The highest BCUT2D eigenvalue weighted by Crippen LogP contribution is 2.13. The molecule has 0 aliphatic rings. The van der Waals surface area contributed by atoms with Gasteiger partial charge in [-0.25, -0.2) is 0 Å². The number of nitrogens with one attached hydrogen (secondary N) is 1. The van der Waals surface area contributed by atoms with E-state index >= 15 is 0 Å². The second-order valence-corrected chi connectivity index (χ2v) is 3.78. The molecule has 72 valence electrons. The summed E-state index contributed by atoms with van der Waals surface area (Å²) in [4.78, 5) is 0. The van der Waals surface area contributed by atoms with Crippen molar-refractivity contribution < 1.29 is 5.11 Å². The molecule has 4 nitrogen and oxygen atoms in total. The first-order valence-electron chi connectivity index (χ1n) is 4.26. The minimum Gasteiger partial charge on any atom is -0.396 e. The first kappa shape index (κ1) is 9.92. The van der Waals surface area contributed by atoms with Crippen LogP contribution >= 0.6 is 0 Å². The van der Waals surface area contributed by atoms with Gasteiger partial charge in [0.2, 0.25) is 0 Å². The fraction of sp³-hybridized carbons (Fsp3) is 0.556. The lowest BCUT2D eigenvalue weighted by Crippen LogP contribution is -2.27. The van der Waals surface area contributed by atoms with E-state index in [0.29, 0.717) is 6.54 Å². The van der Waals surface area contributed by atoms with Gasteiger partial charge in [-0.1, -0.05) is 13.8 Å². The van der Waals surface area contributed by atoms with Gasteiger partial charge in [-0.2, -0.15) is 5.10 Å². The van der Waals surface area contributed by atoms with E-state index in [0.717, 1.165) is 5.82 Å². The van der Waals surface area contributed by atoms with Crippen molar-refractivity contribution in [3.8, 4) is 0 Å². The molecule has 0 fully saturated rings. The zero-order valence-electron chi connectivity index (χ0n) is 7.99. The van der Waals surface area contributed by atoms with E-state index in [1.807, 2.05) is 26.0 Å². The summed E-state index contributed by atoms with van der Waals surface area (Å²) in [5.41, 5.74) is -0.127. The topological polar surface area (TPSA) is 58.0 Å². The molecule has 0 spiro atoms. The number of hydrogen-bond acceptors (Lipinski definition) is 4. The fourth-order valence-corrected chi connectivity index (χ4v) is 0.782. The number of anilines is 1. The Morgan fingerprint density at radius 1 is 1.54 bits per heavy atom. The molecule has 0 saturated heterocycles. The molecule has 0 aromatic carbocycles. The molecule has 0 bridgehead atoms. The van der Waals surface area contributed by atoms with E-state index in [-0.39, 0.29) is 12.0 Å². The van der Waals surface area contributed by atoms with E-state index < -0.39 is 0 Å². The summed E-state index contributed by atoms with van der Waals surface area (Å²) in [6.07, 6.45) is 1.63. The Balaban J connectivity index is 2.44. The minimum absolute atomic E-state index is 0.127. The van der Waals surface area contributed by atoms with Gasteiger partial charge in [-0.3, -0.25) is 0 Å². The molecule has 0 amide bonds. The maximum Gasteiger partial charge on any atom is 0.148 e. The molecule has 1 heterocycles. The molecule has 1 rings (SSSR count). The van der Waals surface area contributed by atoms with Gasteiger partial charge in [0.25, 0.3) is 0 Å². The fourth-order valence-electron chi connectivity index (χ4n) is 0.782. The van der Waals surface area contributed by atoms with E-state index in [1.165, 1.54) is 0 Å². The largest absolute Gasteiger partial charge is 0.396 e. The molecule has 0 aliphatic heterocycles. The van der Waals surface area contributed by atoms with Crippen molar-refractivity contribution in [2.75, 3.05) is 18.5 Å². The van der Waals surface area contributed by atoms with Gasteiger partial charge in [0.05, 0.1) is 0 Å². The smallest absolute Gasteiger partial charge is 0.148 e. The van der Waals surface area contributed by atoms with Crippen LogP contribution in [0.4, 0.5) is 5.82 Å². The predicted molar refractivity (Wildman–Crippen MR) is 51.4 cm³/mol. The highest BCUT2D eigenvalue weighted by atomic mass is 16.3. The third kappa shape index (κ3) is 3.38. The molecule has 0 radical (unpaired) electrons. The number of aliphatic hydroxyl groups excluding tert-OH is 1. The summed E-state index contributed by atoms with van der Waals surface area (Å²) in [5, 5.41) is 19.7. The van der Waals surface area contributed by atoms with Crippen LogP contribution in [-0.4, -0.2) is 28.5 Å². The van der Waals surface area contributed by atoms with E-state index in [1.54, 1.807) is 6.20 Å². The van der Waals surface area contributed by atoms with Crippen molar-refractivity contribution in [1.82, 2.24) is 10.2 Å². The van der Waals surface area contributed by atoms with Crippen LogP contribution in [0.25, 0.3) is 0 Å². The van der Waals surface area contributed by atoms with Crippen LogP contribution in [0.5, 0.6) is 0 Å². The number of nitrogens with zero attached hydrogens (tertiary/aromatic N) is 2.